The van der Waals surface area contributed by atoms with Crippen molar-refractivity contribution in [2.75, 3.05) is 13.7 Å². The third kappa shape index (κ3) is 4.24. The normalized spacial score (nSPS) is 28.6. The Bertz CT molecular complexity index is 733. The second-order valence-corrected chi connectivity index (χ2v) is 8.25. The maximum absolute atomic E-state index is 13.1. The highest BCUT2D eigenvalue weighted by Gasteiger charge is 2.39. The third-order valence-electron chi connectivity index (χ3n) is 6.03. The van der Waals surface area contributed by atoms with Crippen LogP contribution in [0.15, 0.2) is 18.2 Å². The molecule has 0 saturated carbocycles. The van der Waals surface area contributed by atoms with E-state index in [-0.39, 0.29) is 30.3 Å². The number of likely N-dealkylation sites (tertiary alicyclic amines) is 1. The lowest BCUT2D eigenvalue weighted by atomic mass is 9.99. The zero-order chi connectivity index (χ0) is 19.0. The molecule has 4 rings (SSSR count). The monoisotopic (exact) mass is 427 g/mol. The molecule has 3 saturated heterocycles. The summed E-state index contributed by atoms with van der Waals surface area (Å²) in [7, 11) is 1.53. The second kappa shape index (κ2) is 8.89. The summed E-state index contributed by atoms with van der Waals surface area (Å²) in [5, 5.41) is 7.27. The minimum Gasteiger partial charge on any atom is -0.496 e. The van der Waals surface area contributed by atoms with Crippen molar-refractivity contribution >= 4 is 35.8 Å². The number of ether oxygens (including phenoxy) is 1. The maximum Gasteiger partial charge on any atom is 0.258 e. The van der Waals surface area contributed by atoms with E-state index in [0.717, 1.165) is 19.3 Å². The van der Waals surface area contributed by atoms with E-state index in [0.29, 0.717) is 41.4 Å². The summed E-state index contributed by atoms with van der Waals surface area (Å²) in [6, 6.07) is 5.81. The molecule has 6 nitrogen and oxygen atoms in total. The number of nitrogens with one attached hydrogen (secondary N) is 2. The predicted molar refractivity (Wildman–Crippen MR) is 110 cm³/mol. The molecular formula is C20H27Cl2N3O3. The quantitative estimate of drug-likeness (QED) is 0.774. The minimum atomic E-state index is -0.422. The van der Waals surface area contributed by atoms with Crippen LogP contribution in [0.1, 0.15) is 48.9 Å². The minimum absolute atomic E-state index is 0. The molecule has 8 heteroatoms. The Kier molecular flexibility index (Phi) is 6.73. The highest BCUT2D eigenvalue weighted by Crippen LogP contribution is 2.29. The molecule has 2 N–H and O–H groups in total. The van der Waals surface area contributed by atoms with Crippen LogP contribution < -0.4 is 15.4 Å². The van der Waals surface area contributed by atoms with Crippen molar-refractivity contribution in [3.63, 3.8) is 0 Å². The summed E-state index contributed by atoms with van der Waals surface area (Å²) in [6.45, 7) is 0.573. The van der Waals surface area contributed by atoms with E-state index in [4.69, 9.17) is 16.3 Å². The lowest BCUT2D eigenvalue weighted by Gasteiger charge is -2.32. The molecule has 3 aliphatic rings. The van der Waals surface area contributed by atoms with Crippen LogP contribution in [-0.4, -0.2) is 54.5 Å². The van der Waals surface area contributed by atoms with Gasteiger partial charge in [0.2, 0.25) is 5.91 Å². The maximum atomic E-state index is 13.1. The highest BCUT2D eigenvalue weighted by molar-refractivity contribution is 6.31. The number of carbonyl (C=O) groups excluding carboxylic acids is 2. The molecule has 2 amide bonds. The summed E-state index contributed by atoms with van der Waals surface area (Å²) in [5.74, 6) is 0.246. The molecule has 0 aromatic heterocycles. The molecule has 1 aromatic carbocycles. The largest absolute Gasteiger partial charge is 0.496 e. The number of rotatable bonds is 4. The van der Waals surface area contributed by atoms with Gasteiger partial charge in [-0.25, -0.2) is 0 Å². The van der Waals surface area contributed by atoms with Crippen LogP contribution in [0.2, 0.25) is 5.02 Å². The highest BCUT2D eigenvalue weighted by atomic mass is 35.5. The molecule has 0 radical (unpaired) electrons. The van der Waals surface area contributed by atoms with Crippen LogP contribution in [0.5, 0.6) is 5.75 Å². The van der Waals surface area contributed by atoms with E-state index in [9.17, 15) is 9.59 Å². The van der Waals surface area contributed by atoms with Gasteiger partial charge in [-0.15, -0.1) is 12.4 Å². The lowest BCUT2D eigenvalue weighted by Crippen LogP contribution is -2.53. The molecule has 3 fully saturated rings. The zero-order valence-corrected chi connectivity index (χ0v) is 17.5. The topological polar surface area (TPSA) is 70.7 Å². The molecular weight excluding hydrogens is 401 g/mol. The first kappa shape index (κ1) is 21.2. The van der Waals surface area contributed by atoms with Crippen LogP contribution in [0.3, 0.4) is 0 Å². The second-order valence-electron chi connectivity index (χ2n) is 7.82. The number of benzene rings is 1. The first-order valence-electron chi connectivity index (χ1n) is 9.76. The summed E-state index contributed by atoms with van der Waals surface area (Å²) < 4.78 is 5.32. The van der Waals surface area contributed by atoms with Crippen LogP contribution in [0.4, 0.5) is 0 Å². The van der Waals surface area contributed by atoms with E-state index in [1.165, 1.54) is 20.0 Å². The van der Waals surface area contributed by atoms with E-state index < -0.39 is 6.04 Å². The Balaban J connectivity index is 0.00000225. The average Bonchev–Trinajstić information content (AvgIpc) is 3.27. The van der Waals surface area contributed by atoms with Gasteiger partial charge in [0.05, 0.1) is 12.7 Å². The van der Waals surface area contributed by atoms with E-state index in [1.807, 2.05) is 0 Å². The van der Waals surface area contributed by atoms with Crippen molar-refractivity contribution in [2.45, 2.75) is 62.7 Å². The molecule has 2 bridgehead atoms. The zero-order valence-electron chi connectivity index (χ0n) is 15.9. The summed E-state index contributed by atoms with van der Waals surface area (Å²) >= 11 is 6.07. The van der Waals surface area contributed by atoms with E-state index in [1.54, 1.807) is 23.1 Å². The van der Waals surface area contributed by atoms with Crippen LogP contribution in [0, 0.1) is 0 Å². The van der Waals surface area contributed by atoms with Gasteiger partial charge in [0.1, 0.15) is 11.8 Å². The van der Waals surface area contributed by atoms with Crippen LogP contribution in [0.25, 0.3) is 0 Å². The van der Waals surface area contributed by atoms with Crippen molar-refractivity contribution in [1.82, 2.24) is 15.5 Å². The van der Waals surface area contributed by atoms with Crippen molar-refractivity contribution in [3.05, 3.63) is 28.8 Å². The Labute approximate surface area is 176 Å². The first-order chi connectivity index (χ1) is 13.0. The van der Waals surface area contributed by atoms with Crippen molar-refractivity contribution in [2.24, 2.45) is 0 Å². The molecule has 0 aliphatic carbocycles. The molecule has 0 spiro atoms. The number of amides is 2. The lowest BCUT2D eigenvalue weighted by molar-refractivity contribution is -0.125. The Hall–Kier alpha value is -1.50. The molecule has 28 heavy (non-hydrogen) atoms. The number of fused-ring (bicyclic) bond motifs is 2. The van der Waals surface area contributed by atoms with Crippen molar-refractivity contribution in [1.29, 1.82) is 0 Å². The van der Waals surface area contributed by atoms with E-state index >= 15 is 0 Å². The number of piperidine rings is 1. The fourth-order valence-corrected chi connectivity index (χ4v) is 4.93. The van der Waals surface area contributed by atoms with Crippen LogP contribution >= 0.6 is 24.0 Å². The van der Waals surface area contributed by atoms with Gasteiger partial charge in [-0.2, -0.15) is 0 Å². The van der Waals surface area contributed by atoms with Crippen molar-refractivity contribution in [3.8, 4) is 5.75 Å². The van der Waals surface area contributed by atoms with Gasteiger partial charge in [-0.05, 0) is 56.7 Å². The van der Waals surface area contributed by atoms with Gasteiger partial charge in [0.25, 0.3) is 5.91 Å². The molecule has 154 valence electrons. The van der Waals surface area contributed by atoms with E-state index in [2.05, 4.69) is 10.6 Å². The summed E-state index contributed by atoms with van der Waals surface area (Å²) in [6.07, 6.45) is 5.86. The standard InChI is InChI=1S/C20H26ClN3O3.ClH/c1-27-18-7-4-12(21)9-16(18)20(26)24-8-2-3-17(24)19(25)23-15-10-13-5-6-14(11-15)22-13;/h4,7,9,13-15,17,22H,2-3,5-6,8,10-11H2,1H3,(H,23,25);1H. The number of carbonyl (C=O) groups is 2. The van der Waals surface area contributed by atoms with Gasteiger partial charge in [0.15, 0.2) is 0 Å². The van der Waals surface area contributed by atoms with Gasteiger partial charge < -0.3 is 20.3 Å². The molecule has 3 atom stereocenters. The number of hydrogen-bond acceptors (Lipinski definition) is 4. The fourth-order valence-electron chi connectivity index (χ4n) is 4.76. The molecule has 3 unspecified atom stereocenters. The average molecular weight is 428 g/mol. The number of hydrogen-bond donors (Lipinski definition) is 2. The predicted octanol–water partition coefficient (Wildman–Crippen LogP) is 2.77. The van der Waals surface area contributed by atoms with Gasteiger partial charge in [0, 0.05) is 29.7 Å². The summed E-state index contributed by atoms with van der Waals surface area (Å²) in [5.41, 5.74) is 0.407. The number of halogens is 2. The van der Waals surface area contributed by atoms with Crippen LogP contribution in [-0.2, 0) is 4.79 Å². The van der Waals surface area contributed by atoms with Crippen molar-refractivity contribution < 1.29 is 14.3 Å². The first-order valence-corrected chi connectivity index (χ1v) is 10.1. The van der Waals surface area contributed by atoms with Gasteiger partial charge in [-0.1, -0.05) is 11.6 Å². The third-order valence-corrected chi connectivity index (χ3v) is 6.26. The molecule has 3 aliphatic heterocycles. The fraction of sp³-hybridized carbons (Fsp3) is 0.600. The molecule has 3 heterocycles. The van der Waals surface area contributed by atoms with Gasteiger partial charge >= 0.3 is 0 Å². The molecule has 1 aromatic rings. The Morgan fingerprint density at radius 2 is 1.93 bits per heavy atom. The Morgan fingerprint density at radius 3 is 2.61 bits per heavy atom. The number of nitrogens with zero attached hydrogens (tertiary/aromatic N) is 1. The SMILES string of the molecule is COc1ccc(Cl)cc1C(=O)N1CCCC1C(=O)NC1CC2CCC(C1)N2.Cl. The Morgan fingerprint density at radius 1 is 1.21 bits per heavy atom. The van der Waals surface area contributed by atoms with Gasteiger partial charge in [-0.3, -0.25) is 9.59 Å². The number of methoxy groups -OCH3 is 1. The smallest absolute Gasteiger partial charge is 0.258 e. The summed E-state index contributed by atoms with van der Waals surface area (Å²) in [4.78, 5) is 27.7.